The summed E-state index contributed by atoms with van der Waals surface area (Å²) in [7, 11) is 0. The number of amides is 1. The van der Waals surface area contributed by atoms with Gasteiger partial charge in [-0.1, -0.05) is 30.3 Å². The summed E-state index contributed by atoms with van der Waals surface area (Å²) in [4.78, 5) is 20.7. The molecule has 9 heteroatoms. The van der Waals surface area contributed by atoms with Crippen molar-refractivity contribution >= 4 is 22.9 Å². The lowest BCUT2D eigenvalue weighted by Gasteiger charge is -2.04. The van der Waals surface area contributed by atoms with Gasteiger partial charge >= 0.3 is 0 Å². The van der Waals surface area contributed by atoms with Gasteiger partial charge in [-0.25, -0.2) is 9.67 Å². The van der Waals surface area contributed by atoms with Crippen LogP contribution in [0.1, 0.15) is 22.3 Å². The van der Waals surface area contributed by atoms with E-state index >= 15 is 0 Å². The van der Waals surface area contributed by atoms with E-state index in [0.29, 0.717) is 30.8 Å². The molecule has 0 saturated heterocycles. The van der Waals surface area contributed by atoms with E-state index in [1.165, 1.54) is 0 Å². The second-order valence-electron chi connectivity index (χ2n) is 6.84. The zero-order valence-electron chi connectivity index (χ0n) is 16.8. The van der Waals surface area contributed by atoms with Crippen LogP contribution >= 0.6 is 0 Å². The molecule has 0 aliphatic rings. The van der Waals surface area contributed by atoms with Crippen LogP contribution in [0, 0.1) is 0 Å². The number of carbonyl (C=O) groups excluding carboxylic acids is 1. The molecule has 0 atom stereocenters. The zero-order valence-corrected chi connectivity index (χ0v) is 16.8. The minimum absolute atomic E-state index is 0.113. The van der Waals surface area contributed by atoms with Crippen molar-refractivity contribution in [2.75, 3.05) is 13.1 Å². The second kappa shape index (κ2) is 9.68. The number of fused-ring (bicyclic) bond motifs is 1. The molecule has 0 aliphatic heterocycles. The van der Waals surface area contributed by atoms with Crippen molar-refractivity contribution < 1.29 is 4.79 Å². The van der Waals surface area contributed by atoms with Crippen molar-refractivity contribution in [3.05, 3.63) is 78.1 Å². The summed E-state index contributed by atoms with van der Waals surface area (Å²) >= 11 is 0. The van der Waals surface area contributed by atoms with Crippen molar-refractivity contribution in [1.29, 1.82) is 0 Å². The Bertz CT molecular complexity index is 1190. The lowest BCUT2D eigenvalue weighted by molar-refractivity contribution is 0.0953. The Morgan fingerprint density at radius 2 is 1.87 bits per heavy atom. The summed E-state index contributed by atoms with van der Waals surface area (Å²) < 4.78 is 1.74. The number of aromatic nitrogens is 4. The van der Waals surface area contributed by atoms with Crippen LogP contribution in [0.15, 0.2) is 77.2 Å². The second-order valence-corrected chi connectivity index (χ2v) is 6.84. The van der Waals surface area contributed by atoms with Gasteiger partial charge in [0, 0.05) is 18.3 Å². The fraction of sp³-hybridized carbons (Fsp3) is 0.182. The molecule has 0 radical (unpaired) electrons. The van der Waals surface area contributed by atoms with Gasteiger partial charge in [-0.05, 0) is 42.8 Å². The zero-order chi connectivity index (χ0) is 21.5. The molecule has 2 aromatic carbocycles. The van der Waals surface area contributed by atoms with Crippen molar-refractivity contribution in [1.82, 2.24) is 25.1 Å². The van der Waals surface area contributed by atoms with Gasteiger partial charge in [-0.15, -0.1) is 5.11 Å². The predicted octanol–water partition coefficient (Wildman–Crippen LogP) is 3.18. The summed E-state index contributed by atoms with van der Waals surface area (Å²) in [5.74, 6) is 0.152. The van der Waals surface area contributed by atoms with Crippen molar-refractivity contribution in [3.63, 3.8) is 0 Å². The van der Waals surface area contributed by atoms with Gasteiger partial charge in [-0.3, -0.25) is 4.79 Å². The van der Waals surface area contributed by atoms with Crippen molar-refractivity contribution in [2.45, 2.75) is 13.0 Å². The summed E-state index contributed by atoms with van der Waals surface area (Å²) in [6.45, 7) is 1.47. The molecule has 9 nitrogen and oxygen atoms in total. The van der Waals surface area contributed by atoms with Crippen LogP contribution in [-0.4, -0.2) is 38.7 Å². The van der Waals surface area contributed by atoms with Crippen LogP contribution < -0.4 is 11.1 Å². The molecule has 3 N–H and O–H groups in total. The smallest absolute Gasteiger partial charge is 0.270 e. The van der Waals surface area contributed by atoms with E-state index in [4.69, 9.17) is 5.73 Å². The summed E-state index contributed by atoms with van der Waals surface area (Å²) in [5, 5.41) is 16.4. The lowest BCUT2D eigenvalue weighted by Crippen LogP contribution is -2.25. The molecule has 0 bridgehead atoms. The van der Waals surface area contributed by atoms with Crippen LogP contribution in [-0.2, 0) is 6.54 Å². The summed E-state index contributed by atoms with van der Waals surface area (Å²) in [6, 6.07) is 17.0. The predicted molar refractivity (Wildman–Crippen MR) is 117 cm³/mol. The van der Waals surface area contributed by atoms with E-state index in [1.807, 2.05) is 42.5 Å². The normalized spacial score (nSPS) is 11.3. The Labute approximate surface area is 179 Å². The van der Waals surface area contributed by atoms with Gasteiger partial charge in [0.05, 0.1) is 23.8 Å². The lowest BCUT2D eigenvalue weighted by atomic mass is 10.1. The van der Waals surface area contributed by atoms with E-state index in [2.05, 4.69) is 30.6 Å². The summed E-state index contributed by atoms with van der Waals surface area (Å²) in [6.07, 6.45) is 4.16. The first kappa shape index (κ1) is 20.3. The molecule has 0 spiro atoms. The van der Waals surface area contributed by atoms with Crippen molar-refractivity contribution in [3.8, 4) is 5.69 Å². The highest BCUT2D eigenvalue weighted by Gasteiger charge is 2.08. The number of para-hydroxylation sites is 1. The van der Waals surface area contributed by atoms with Gasteiger partial charge in [0.1, 0.15) is 0 Å². The maximum atomic E-state index is 12.0. The molecule has 1 amide bonds. The molecule has 0 fully saturated rings. The minimum atomic E-state index is -0.113. The van der Waals surface area contributed by atoms with Gasteiger partial charge in [-0.2, -0.15) is 15.2 Å². The Morgan fingerprint density at radius 1 is 1.06 bits per heavy atom. The highest BCUT2D eigenvalue weighted by molar-refractivity contribution is 5.94. The highest BCUT2D eigenvalue weighted by Crippen LogP contribution is 2.18. The molecule has 2 heterocycles. The topological polar surface area (TPSA) is 123 Å². The third-order valence-electron chi connectivity index (χ3n) is 4.59. The number of nitrogens with one attached hydrogen (secondary N) is 1. The van der Waals surface area contributed by atoms with Gasteiger partial charge < -0.3 is 11.1 Å². The van der Waals surface area contributed by atoms with Gasteiger partial charge in [0.25, 0.3) is 11.9 Å². The van der Waals surface area contributed by atoms with Gasteiger partial charge in [0.15, 0.2) is 5.65 Å². The van der Waals surface area contributed by atoms with E-state index in [1.54, 1.807) is 29.2 Å². The fourth-order valence-electron chi connectivity index (χ4n) is 2.96. The fourth-order valence-corrected chi connectivity index (χ4v) is 2.96. The minimum Gasteiger partial charge on any atom is -0.352 e. The Morgan fingerprint density at radius 3 is 2.65 bits per heavy atom. The average Bonchev–Trinajstić information content (AvgIpc) is 3.23. The molecule has 31 heavy (non-hydrogen) atoms. The van der Waals surface area contributed by atoms with E-state index in [9.17, 15) is 4.79 Å². The van der Waals surface area contributed by atoms with Crippen LogP contribution in [0.2, 0.25) is 0 Å². The third kappa shape index (κ3) is 4.96. The maximum absolute atomic E-state index is 12.0. The number of hydrogen-bond donors (Lipinski definition) is 2. The Balaban J connectivity index is 1.42. The maximum Gasteiger partial charge on any atom is 0.270 e. The van der Waals surface area contributed by atoms with Crippen LogP contribution in [0.5, 0.6) is 0 Å². The number of hydrogen-bond acceptors (Lipinski definition) is 7. The molecule has 4 aromatic rings. The van der Waals surface area contributed by atoms with E-state index in [0.717, 1.165) is 23.1 Å². The number of carbonyl (C=O) groups is 1. The molecule has 2 aromatic heterocycles. The molecule has 4 rings (SSSR count). The quantitative estimate of drug-likeness (QED) is 0.338. The first-order valence-electron chi connectivity index (χ1n) is 9.95. The highest BCUT2D eigenvalue weighted by atomic mass is 16.1. The first-order valence-corrected chi connectivity index (χ1v) is 9.95. The van der Waals surface area contributed by atoms with Crippen LogP contribution in [0.4, 0.5) is 5.95 Å². The average molecular weight is 414 g/mol. The number of benzene rings is 2. The number of nitrogens with zero attached hydrogens (tertiary/aromatic N) is 6. The third-order valence-corrected chi connectivity index (χ3v) is 4.59. The van der Waals surface area contributed by atoms with Crippen LogP contribution in [0.25, 0.3) is 16.7 Å². The Hall–Kier alpha value is -3.98. The number of nitrogens with two attached hydrogens (primary N) is 1. The standard InChI is InChI=1S/C22H22N8O/c23-11-4-12-24-21(31)17-9-7-16(8-10-17)13-26-29-22-25-14-18-15-27-30(20(18)28-22)19-5-2-1-3-6-19/h1-3,5-10,14-15H,4,11-13,23H2,(H,24,31). The molecule has 0 unspecified atom stereocenters. The summed E-state index contributed by atoms with van der Waals surface area (Å²) in [5.41, 5.74) is 8.54. The SMILES string of the molecule is NCCCNC(=O)c1ccc(CN=Nc2ncc3cnn(-c4ccccc4)c3n2)cc1. The molecular weight excluding hydrogens is 392 g/mol. The first-order chi connectivity index (χ1) is 15.2. The van der Waals surface area contributed by atoms with Gasteiger partial charge in [0.2, 0.25) is 0 Å². The molecule has 0 aliphatic carbocycles. The van der Waals surface area contributed by atoms with E-state index < -0.39 is 0 Å². The number of rotatable bonds is 8. The van der Waals surface area contributed by atoms with E-state index in [-0.39, 0.29) is 11.9 Å². The van der Waals surface area contributed by atoms with Crippen molar-refractivity contribution in [2.24, 2.45) is 16.0 Å². The van der Waals surface area contributed by atoms with Crippen LogP contribution in [0.3, 0.4) is 0 Å². The Kier molecular flexibility index (Phi) is 6.34. The molecule has 0 saturated carbocycles. The molecular formula is C22H22N8O. The number of azo groups is 1. The largest absolute Gasteiger partial charge is 0.352 e. The molecule has 156 valence electrons. The monoisotopic (exact) mass is 414 g/mol.